The summed E-state index contributed by atoms with van der Waals surface area (Å²) >= 11 is 0. The molecule has 2 aromatic carbocycles. The summed E-state index contributed by atoms with van der Waals surface area (Å²) in [6.45, 7) is 4.88. The molecule has 0 aliphatic carbocycles. The van der Waals surface area contributed by atoms with Crippen LogP contribution in [-0.4, -0.2) is 23.4 Å². The van der Waals surface area contributed by atoms with Crippen LogP contribution in [0.1, 0.15) is 43.4 Å². The number of rotatable bonds is 4. The molecule has 1 aliphatic heterocycles. The number of benzene rings is 2. The molecule has 4 heteroatoms. The zero-order chi connectivity index (χ0) is 17.1. The molecule has 0 spiro atoms. The third kappa shape index (κ3) is 4.23. The Bertz CT molecular complexity index is 677. The normalized spacial score (nSPS) is 22.1. The van der Waals surface area contributed by atoms with Gasteiger partial charge in [-0.15, -0.1) is 12.4 Å². The summed E-state index contributed by atoms with van der Waals surface area (Å²) in [6, 6.07) is 20.4. The Labute approximate surface area is 156 Å². The summed E-state index contributed by atoms with van der Waals surface area (Å²) in [7, 11) is 0. The van der Waals surface area contributed by atoms with E-state index in [0.717, 1.165) is 18.5 Å². The van der Waals surface area contributed by atoms with E-state index in [9.17, 15) is 4.79 Å². The van der Waals surface area contributed by atoms with Gasteiger partial charge in [-0.3, -0.25) is 4.79 Å². The largest absolute Gasteiger partial charge is 0.339 e. The number of nitrogens with zero attached hydrogens (tertiary/aromatic N) is 1. The van der Waals surface area contributed by atoms with Crippen LogP contribution in [0, 0.1) is 5.92 Å². The summed E-state index contributed by atoms with van der Waals surface area (Å²) in [5, 5.41) is 0. The average molecular weight is 359 g/mol. The first-order chi connectivity index (χ1) is 11.6. The highest BCUT2D eigenvalue weighted by Crippen LogP contribution is 2.33. The van der Waals surface area contributed by atoms with Crippen molar-refractivity contribution in [2.24, 2.45) is 11.7 Å². The number of halogens is 1. The van der Waals surface area contributed by atoms with E-state index in [1.807, 2.05) is 48.2 Å². The second-order valence-electron chi connectivity index (χ2n) is 6.91. The molecule has 0 bridgehead atoms. The van der Waals surface area contributed by atoms with Crippen LogP contribution in [0.25, 0.3) is 0 Å². The smallest absolute Gasteiger partial charge is 0.227 e. The van der Waals surface area contributed by atoms with Gasteiger partial charge in [0.25, 0.3) is 0 Å². The Morgan fingerprint density at radius 1 is 1.08 bits per heavy atom. The van der Waals surface area contributed by atoms with Crippen LogP contribution in [0.2, 0.25) is 0 Å². The maximum Gasteiger partial charge on any atom is 0.227 e. The maximum atomic E-state index is 13.0. The molecule has 1 amide bonds. The molecule has 1 saturated heterocycles. The van der Waals surface area contributed by atoms with Crippen LogP contribution in [0.3, 0.4) is 0 Å². The van der Waals surface area contributed by atoms with E-state index in [4.69, 9.17) is 5.73 Å². The molecule has 4 unspecified atom stereocenters. The van der Waals surface area contributed by atoms with Gasteiger partial charge < -0.3 is 10.6 Å². The molecule has 4 atom stereocenters. The van der Waals surface area contributed by atoms with E-state index in [1.165, 1.54) is 5.56 Å². The molecule has 1 aliphatic rings. The number of carbonyl (C=O) groups excluding carboxylic acids is 1. The predicted octanol–water partition coefficient (Wildman–Crippen LogP) is 4.15. The Kier molecular flexibility index (Phi) is 6.63. The highest BCUT2D eigenvalue weighted by molar-refractivity contribution is 5.85. The molecule has 0 aromatic heterocycles. The molecule has 1 heterocycles. The first-order valence-electron chi connectivity index (χ1n) is 8.74. The SMILES string of the molecule is CC(C(=O)N1CC(c2ccccc2)CC1C)C(N)c1ccccc1.Cl. The second kappa shape index (κ2) is 8.50. The van der Waals surface area contributed by atoms with Crippen LogP contribution in [0.5, 0.6) is 0 Å². The van der Waals surface area contributed by atoms with E-state index >= 15 is 0 Å². The van der Waals surface area contributed by atoms with Gasteiger partial charge in [-0.25, -0.2) is 0 Å². The van der Waals surface area contributed by atoms with Crippen molar-refractivity contribution in [1.82, 2.24) is 4.90 Å². The Morgan fingerprint density at radius 2 is 1.64 bits per heavy atom. The number of likely N-dealkylation sites (tertiary alicyclic amines) is 1. The topological polar surface area (TPSA) is 46.3 Å². The molecule has 3 nitrogen and oxygen atoms in total. The van der Waals surface area contributed by atoms with Gasteiger partial charge in [-0.05, 0) is 24.5 Å². The predicted molar refractivity (Wildman–Crippen MR) is 105 cm³/mol. The van der Waals surface area contributed by atoms with Crippen LogP contribution < -0.4 is 5.73 Å². The van der Waals surface area contributed by atoms with Crippen molar-refractivity contribution >= 4 is 18.3 Å². The number of hydrogen-bond donors (Lipinski definition) is 1. The minimum Gasteiger partial charge on any atom is -0.339 e. The van der Waals surface area contributed by atoms with Crippen molar-refractivity contribution in [1.29, 1.82) is 0 Å². The molecule has 1 fully saturated rings. The summed E-state index contributed by atoms with van der Waals surface area (Å²) in [6.07, 6.45) is 1.02. The van der Waals surface area contributed by atoms with E-state index < -0.39 is 0 Å². The molecule has 0 radical (unpaired) electrons. The van der Waals surface area contributed by atoms with Crippen molar-refractivity contribution in [3.05, 3.63) is 71.8 Å². The van der Waals surface area contributed by atoms with Crippen LogP contribution in [0.4, 0.5) is 0 Å². The summed E-state index contributed by atoms with van der Waals surface area (Å²) < 4.78 is 0. The molecular weight excluding hydrogens is 332 g/mol. The number of carbonyl (C=O) groups is 1. The van der Waals surface area contributed by atoms with Crippen LogP contribution in [0.15, 0.2) is 60.7 Å². The number of amides is 1. The fraction of sp³-hybridized carbons (Fsp3) is 0.381. The standard InChI is InChI=1S/C21H26N2O.ClH/c1-15-13-19(17-9-5-3-6-10-17)14-23(15)21(24)16(2)20(22)18-11-7-4-8-12-18;/h3-12,15-16,19-20H,13-14,22H2,1-2H3;1H. The Hall–Kier alpha value is -1.84. The zero-order valence-electron chi connectivity index (χ0n) is 14.8. The summed E-state index contributed by atoms with van der Waals surface area (Å²) in [5.74, 6) is 0.368. The van der Waals surface area contributed by atoms with Gasteiger partial charge in [-0.1, -0.05) is 67.6 Å². The monoisotopic (exact) mass is 358 g/mol. The van der Waals surface area contributed by atoms with Gasteiger partial charge in [0.1, 0.15) is 0 Å². The fourth-order valence-corrected chi connectivity index (χ4v) is 3.68. The molecule has 25 heavy (non-hydrogen) atoms. The minimum atomic E-state index is -0.262. The lowest BCUT2D eigenvalue weighted by Crippen LogP contribution is -2.41. The molecule has 2 N–H and O–H groups in total. The van der Waals surface area contributed by atoms with Crippen molar-refractivity contribution in [3.63, 3.8) is 0 Å². The third-order valence-electron chi connectivity index (χ3n) is 5.24. The zero-order valence-corrected chi connectivity index (χ0v) is 15.7. The molecule has 0 saturated carbocycles. The molecule has 3 rings (SSSR count). The number of nitrogens with two attached hydrogens (primary N) is 1. The Morgan fingerprint density at radius 3 is 2.24 bits per heavy atom. The minimum absolute atomic E-state index is 0. The fourth-order valence-electron chi connectivity index (χ4n) is 3.68. The van der Waals surface area contributed by atoms with Gasteiger partial charge in [0.2, 0.25) is 5.91 Å². The van der Waals surface area contributed by atoms with Crippen LogP contribution >= 0.6 is 12.4 Å². The first kappa shape index (κ1) is 19.5. The van der Waals surface area contributed by atoms with Gasteiger partial charge >= 0.3 is 0 Å². The Balaban J connectivity index is 0.00000225. The third-order valence-corrected chi connectivity index (χ3v) is 5.24. The molecule has 2 aromatic rings. The lowest BCUT2D eigenvalue weighted by molar-refractivity contribution is -0.136. The van der Waals surface area contributed by atoms with Gasteiger partial charge in [-0.2, -0.15) is 0 Å². The van der Waals surface area contributed by atoms with Crippen molar-refractivity contribution in [3.8, 4) is 0 Å². The van der Waals surface area contributed by atoms with Crippen molar-refractivity contribution in [2.75, 3.05) is 6.54 Å². The first-order valence-corrected chi connectivity index (χ1v) is 8.74. The van der Waals surface area contributed by atoms with E-state index in [0.29, 0.717) is 5.92 Å². The summed E-state index contributed by atoms with van der Waals surface area (Å²) in [4.78, 5) is 15.0. The molecule has 134 valence electrons. The highest BCUT2D eigenvalue weighted by atomic mass is 35.5. The van der Waals surface area contributed by atoms with E-state index in [1.54, 1.807) is 0 Å². The van der Waals surface area contributed by atoms with Crippen LogP contribution in [-0.2, 0) is 4.79 Å². The quantitative estimate of drug-likeness (QED) is 0.892. The number of hydrogen-bond acceptors (Lipinski definition) is 2. The highest BCUT2D eigenvalue weighted by Gasteiger charge is 2.36. The van der Waals surface area contributed by atoms with Crippen molar-refractivity contribution < 1.29 is 4.79 Å². The molecular formula is C21H27ClN2O. The van der Waals surface area contributed by atoms with E-state index in [-0.39, 0.29) is 36.3 Å². The second-order valence-corrected chi connectivity index (χ2v) is 6.91. The lowest BCUT2D eigenvalue weighted by Gasteiger charge is -2.28. The lowest BCUT2D eigenvalue weighted by atomic mass is 9.94. The van der Waals surface area contributed by atoms with Crippen molar-refractivity contribution in [2.45, 2.75) is 38.3 Å². The van der Waals surface area contributed by atoms with Gasteiger partial charge in [0.05, 0.1) is 5.92 Å². The summed E-state index contributed by atoms with van der Waals surface area (Å²) in [5.41, 5.74) is 8.69. The maximum absolute atomic E-state index is 13.0. The van der Waals surface area contributed by atoms with Gasteiger partial charge in [0.15, 0.2) is 0 Å². The van der Waals surface area contributed by atoms with E-state index in [2.05, 4.69) is 31.2 Å². The van der Waals surface area contributed by atoms with Gasteiger partial charge in [0, 0.05) is 24.5 Å². The average Bonchev–Trinajstić information content (AvgIpc) is 3.03.